The van der Waals surface area contributed by atoms with Gasteiger partial charge in [-0.1, -0.05) is 41.9 Å². The Bertz CT molecular complexity index is 1180. The Labute approximate surface area is 192 Å². The molecule has 0 spiro atoms. The van der Waals surface area contributed by atoms with E-state index in [9.17, 15) is 4.79 Å². The number of benzene rings is 2. The molecule has 4 rings (SSSR count). The van der Waals surface area contributed by atoms with Crippen molar-refractivity contribution >= 4 is 23.2 Å². The van der Waals surface area contributed by atoms with E-state index in [2.05, 4.69) is 15.3 Å². The van der Waals surface area contributed by atoms with Gasteiger partial charge in [-0.2, -0.15) is 10.2 Å². The molecule has 0 saturated carbocycles. The SMILES string of the molecule is CN(C)CCn1cc(NC(=O)Cc2cn(-c3ccccc3)nc2-c2ccc(Cl)cc2)cn1. The molecule has 0 aliphatic carbocycles. The first-order valence-corrected chi connectivity index (χ1v) is 10.7. The molecule has 0 unspecified atom stereocenters. The summed E-state index contributed by atoms with van der Waals surface area (Å²) in [6.07, 6.45) is 5.60. The lowest BCUT2D eigenvalue weighted by atomic mass is 10.1. The highest BCUT2D eigenvalue weighted by Crippen LogP contribution is 2.26. The first-order valence-electron chi connectivity index (χ1n) is 10.3. The quantitative estimate of drug-likeness (QED) is 0.440. The molecule has 0 aliphatic rings. The Morgan fingerprint density at radius 1 is 1.06 bits per heavy atom. The number of nitrogens with one attached hydrogen (secondary N) is 1. The number of carbonyl (C=O) groups is 1. The molecule has 0 saturated heterocycles. The highest BCUT2D eigenvalue weighted by Gasteiger charge is 2.16. The van der Waals surface area contributed by atoms with Crippen LogP contribution in [0.4, 0.5) is 5.69 Å². The number of anilines is 1. The summed E-state index contributed by atoms with van der Waals surface area (Å²) in [5.74, 6) is -0.125. The lowest BCUT2D eigenvalue weighted by Crippen LogP contribution is -2.18. The Balaban J connectivity index is 1.54. The van der Waals surface area contributed by atoms with Gasteiger partial charge < -0.3 is 10.2 Å². The zero-order chi connectivity index (χ0) is 22.5. The van der Waals surface area contributed by atoms with Gasteiger partial charge in [0, 0.05) is 35.1 Å². The molecule has 164 valence electrons. The van der Waals surface area contributed by atoms with Crippen LogP contribution in [0, 0.1) is 0 Å². The van der Waals surface area contributed by atoms with Gasteiger partial charge in [-0.15, -0.1) is 0 Å². The third kappa shape index (κ3) is 5.43. The number of para-hydroxylation sites is 1. The number of carbonyl (C=O) groups excluding carboxylic acids is 1. The van der Waals surface area contributed by atoms with Crippen molar-refractivity contribution in [3.8, 4) is 16.9 Å². The van der Waals surface area contributed by atoms with Crippen LogP contribution in [0.15, 0.2) is 73.2 Å². The smallest absolute Gasteiger partial charge is 0.229 e. The number of rotatable bonds is 8. The van der Waals surface area contributed by atoms with Gasteiger partial charge in [-0.25, -0.2) is 4.68 Å². The maximum Gasteiger partial charge on any atom is 0.229 e. The predicted molar refractivity (Wildman–Crippen MR) is 127 cm³/mol. The molecule has 2 aromatic carbocycles. The van der Waals surface area contributed by atoms with Crippen molar-refractivity contribution in [2.24, 2.45) is 0 Å². The fourth-order valence-electron chi connectivity index (χ4n) is 3.33. The number of amides is 1. The largest absolute Gasteiger partial charge is 0.323 e. The average molecular weight is 449 g/mol. The molecule has 0 radical (unpaired) electrons. The summed E-state index contributed by atoms with van der Waals surface area (Å²) in [7, 11) is 4.03. The number of likely N-dealkylation sites (N-methyl/N-ethyl adjacent to an activating group) is 1. The Morgan fingerprint density at radius 2 is 1.81 bits per heavy atom. The van der Waals surface area contributed by atoms with E-state index in [1.165, 1.54) is 0 Å². The van der Waals surface area contributed by atoms with Crippen LogP contribution in [-0.2, 0) is 17.8 Å². The Hall–Kier alpha value is -3.42. The summed E-state index contributed by atoms with van der Waals surface area (Å²) in [5.41, 5.74) is 4.09. The summed E-state index contributed by atoms with van der Waals surface area (Å²) in [6.45, 7) is 1.63. The van der Waals surface area contributed by atoms with Gasteiger partial charge in [0.15, 0.2) is 0 Å². The highest BCUT2D eigenvalue weighted by molar-refractivity contribution is 6.30. The molecule has 2 heterocycles. The predicted octanol–water partition coefficient (Wildman–Crippen LogP) is 4.13. The molecule has 7 nitrogen and oxygen atoms in total. The zero-order valence-electron chi connectivity index (χ0n) is 18.1. The van der Waals surface area contributed by atoms with Crippen LogP contribution in [0.25, 0.3) is 16.9 Å². The second-order valence-electron chi connectivity index (χ2n) is 7.81. The highest BCUT2D eigenvalue weighted by atomic mass is 35.5. The molecule has 1 amide bonds. The number of aromatic nitrogens is 4. The lowest BCUT2D eigenvalue weighted by molar-refractivity contribution is -0.115. The van der Waals surface area contributed by atoms with Gasteiger partial charge in [0.2, 0.25) is 5.91 Å². The number of hydrogen-bond acceptors (Lipinski definition) is 4. The van der Waals surface area contributed by atoms with E-state index in [1.807, 2.05) is 85.8 Å². The van der Waals surface area contributed by atoms with E-state index < -0.39 is 0 Å². The van der Waals surface area contributed by atoms with Gasteiger partial charge in [0.05, 0.1) is 36.2 Å². The molecule has 0 aliphatic heterocycles. The minimum Gasteiger partial charge on any atom is -0.323 e. The van der Waals surface area contributed by atoms with Gasteiger partial charge in [0.1, 0.15) is 0 Å². The normalized spacial score (nSPS) is 11.1. The van der Waals surface area contributed by atoms with E-state index in [0.29, 0.717) is 10.7 Å². The lowest BCUT2D eigenvalue weighted by Gasteiger charge is -2.08. The molecular weight excluding hydrogens is 424 g/mol. The van der Waals surface area contributed by atoms with E-state index in [0.717, 1.165) is 35.6 Å². The van der Waals surface area contributed by atoms with Crippen molar-refractivity contribution in [1.82, 2.24) is 24.5 Å². The van der Waals surface area contributed by atoms with Gasteiger partial charge in [-0.05, 0) is 38.4 Å². The standard InChI is InChI=1S/C24H25ClN6O/c1-29(2)12-13-30-17-21(15-26-30)27-23(32)14-19-16-31(22-6-4-3-5-7-22)28-24(19)18-8-10-20(25)11-9-18/h3-11,15-17H,12-14H2,1-2H3,(H,27,32). The molecule has 0 bridgehead atoms. The van der Waals surface area contributed by atoms with E-state index in [4.69, 9.17) is 16.7 Å². The van der Waals surface area contributed by atoms with Crippen molar-refractivity contribution in [1.29, 1.82) is 0 Å². The van der Waals surface area contributed by atoms with Crippen molar-refractivity contribution in [3.05, 3.63) is 83.8 Å². The van der Waals surface area contributed by atoms with Crippen LogP contribution in [0.5, 0.6) is 0 Å². The topological polar surface area (TPSA) is 68.0 Å². The van der Waals surface area contributed by atoms with Crippen LogP contribution in [0.1, 0.15) is 5.56 Å². The van der Waals surface area contributed by atoms with Crippen molar-refractivity contribution in [2.45, 2.75) is 13.0 Å². The monoisotopic (exact) mass is 448 g/mol. The van der Waals surface area contributed by atoms with Gasteiger partial charge in [-0.3, -0.25) is 9.48 Å². The molecule has 0 fully saturated rings. The third-order valence-corrected chi connectivity index (χ3v) is 5.22. The number of nitrogens with zero attached hydrogens (tertiary/aromatic N) is 5. The first kappa shape index (κ1) is 21.8. The molecule has 8 heteroatoms. The molecule has 0 atom stereocenters. The van der Waals surface area contributed by atoms with E-state index in [-0.39, 0.29) is 12.3 Å². The summed E-state index contributed by atoms with van der Waals surface area (Å²) in [5, 5.41) is 12.7. The number of hydrogen-bond donors (Lipinski definition) is 1. The molecule has 32 heavy (non-hydrogen) atoms. The second kappa shape index (κ2) is 9.80. The Morgan fingerprint density at radius 3 is 2.53 bits per heavy atom. The summed E-state index contributed by atoms with van der Waals surface area (Å²) >= 11 is 6.06. The van der Waals surface area contributed by atoms with E-state index >= 15 is 0 Å². The molecule has 1 N–H and O–H groups in total. The van der Waals surface area contributed by atoms with Crippen LogP contribution >= 0.6 is 11.6 Å². The fourth-order valence-corrected chi connectivity index (χ4v) is 3.46. The molecular formula is C24H25ClN6O. The summed E-state index contributed by atoms with van der Waals surface area (Å²) in [6, 6.07) is 17.3. The zero-order valence-corrected chi connectivity index (χ0v) is 18.8. The van der Waals surface area contributed by atoms with Crippen LogP contribution < -0.4 is 5.32 Å². The second-order valence-corrected chi connectivity index (χ2v) is 8.25. The first-order chi connectivity index (χ1) is 15.5. The van der Waals surface area contributed by atoms with Crippen LogP contribution in [0.3, 0.4) is 0 Å². The average Bonchev–Trinajstić information content (AvgIpc) is 3.40. The van der Waals surface area contributed by atoms with Crippen LogP contribution in [0.2, 0.25) is 5.02 Å². The molecule has 2 aromatic heterocycles. The summed E-state index contributed by atoms with van der Waals surface area (Å²) in [4.78, 5) is 14.9. The third-order valence-electron chi connectivity index (χ3n) is 4.97. The minimum absolute atomic E-state index is 0.125. The Kier molecular flexibility index (Phi) is 6.68. The van der Waals surface area contributed by atoms with Crippen LogP contribution in [-0.4, -0.2) is 51.0 Å². The fraction of sp³-hybridized carbons (Fsp3) is 0.208. The van der Waals surface area contributed by atoms with Gasteiger partial charge in [0.25, 0.3) is 0 Å². The van der Waals surface area contributed by atoms with E-state index in [1.54, 1.807) is 10.9 Å². The summed E-state index contributed by atoms with van der Waals surface area (Å²) < 4.78 is 3.62. The van der Waals surface area contributed by atoms with Crippen molar-refractivity contribution < 1.29 is 4.79 Å². The molecule has 4 aromatic rings. The van der Waals surface area contributed by atoms with Gasteiger partial charge >= 0.3 is 0 Å². The maximum atomic E-state index is 12.8. The van der Waals surface area contributed by atoms with Crippen molar-refractivity contribution in [2.75, 3.05) is 26.0 Å². The number of halogens is 1. The maximum absolute atomic E-state index is 12.8. The minimum atomic E-state index is -0.125. The van der Waals surface area contributed by atoms with Crippen molar-refractivity contribution in [3.63, 3.8) is 0 Å².